The molecule has 1 fully saturated rings. The summed E-state index contributed by atoms with van der Waals surface area (Å²) in [7, 11) is 0. The summed E-state index contributed by atoms with van der Waals surface area (Å²) in [5.41, 5.74) is 0.765. The van der Waals surface area contributed by atoms with Crippen molar-refractivity contribution in [1.82, 2.24) is 0 Å². The minimum atomic E-state index is -4.30. The van der Waals surface area contributed by atoms with Crippen LogP contribution >= 0.6 is 0 Å². The molecule has 2 nitrogen and oxygen atoms in total. The predicted octanol–water partition coefficient (Wildman–Crippen LogP) is 3.62. The third-order valence-corrected chi connectivity index (χ3v) is 2.95. The first kappa shape index (κ1) is 13.1. The molecule has 1 aromatic rings. The quantitative estimate of drug-likeness (QED) is 0.822. The van der Waals surface area contributed by atoms with Crippen LogP contribution in [0.3, 0.4) is 0 Å². The molecular weight excluding hydrogens is 243 g/mol. The molecule has 0 N–H and O–H groups in total. The van der Waals surface area contributed by atoms with E-state index in [1.807, 2.05) is 12.1 Å². The Morgan fingerprint density at radius 2 is 1.72 bits per heavy atom. The third kappa shape index (κ3) is 3.55. The second-order valence-electron chi connectivity index (χ2n) is 4.42. The van der Waals surface area contributed by atoms with Crippen molar-refractivity contribution in [3.05, 3.63) is 24.3 Å². The summed E-state index contributed by atoms with van der Waals surface area (Å²) in [5.74, 6) is 0.316. The molecule has 0 bridgehead atoms. The number of anilines is 1. The maximum Gasteiger partial charge on any atom is 0.422 e. The topological polar surface area (TPSA) is 12.5 Å². The van der Waals surface area contributed by atoms with E-state index in [0.717, 1.165) is 31.6 Å². The molecule has 0 saturated carbocycles. The van der Waals surface area contributed by atoms with Gasteiger partial charge in [0.2, 0.25) is 0 Å². The van der Waals surface area contributed by atoms with Crippen LogP contribution in [0.1, 0.15) is 19.3 Å². The van der Waals surface area contributed by atoms with Crippen molar-refractivity contribution in [2.75, 3.05) is 24.6 Å². The van der Waals surface area contributed by atoms with Crippen molar-refractivity contribution in [1.29, 1.82) is 0 Å². The normalized spacial score (nSPS) is 16.7. The summed E-state index contributed by atoms with van der Waals surface area (Å²) in [5, 5.41) is 0. The maximum absolute atomic E-state index is 12.2. The number of rotatable bonds is 3. The van der Waals surface area contributed by atoms with Gasteiger partial charge in [-0.1, -0.05) is 12.1 Å². The number of piperidine rings is 1. The minimum Gasteiger partial charge on any atom is -0.482 e. The van der Waals surface area contributed by atoms with Gasteiger partial charge in [0.25, 0.3) is 0 Å². The largest absolute Gasteiger partial charge is 0.482 e. The average molecular weight is 259 g/mol. The molecule has 5 heteroatoms. The van der Waals surface area contributed by atoms with E-state index in [0.29, 0.717) is 5.75 Å². The summed E-state index contributed by atoms with van der Waals surface area (Å²) in [6.07, 6.45) is -0.960. The van der Waals surface area contributed by atoms with Gasteiger partial charge in [-0.2, -0.15) is 13.2 Å². The van der Waals surface area contributed by atoms with Crippen LogP contribution in [0.25, 0.3) is 0 Å². The van der Waals surface area contributed by atoms with Gasteiger partial charge < -0.3 is 9.64 Å². The fraction of sp³-hybridized carbons (Fsp3) is 0.538. The molecule has 0 unspecified atom stereocenters. The van der Waals surface area contributed by atoms with Crippen LogP contribution in [0.2, 0.25) is 0 Å². The Morgan fingerprint density at radius 3 is 2.39 bits per heavy atom. The highest BCUT2D eigenvalue weighted by atomic mass is 19.4. The van der Waals surface area contributed by atoms with Gasteiger partial charge >= 0.3 is 6.18 Å². The molecule has 1 aromatic carbocycles. The highest BCUT2D eigenvalue weighted by Crippen LogP contribution is 2.31. The molecule has 1 heterocycles. The Labute approximate surface area is 104 Å². The average Bonchev–Trinajstić information content (AvgIpc) is 2.37. The van der Waals surface area contributed by atoms with Crippen LogP contribution in [-0.2, 0) is 0 Å². The van der Waals surface area contributed by atoms with E-state index in [1.165, 1.54) is 6.42 Å². The summed E-state index contributed by atoms with van der Waals surface area (Å²) in [6.45, 7) is 0.524. The van der Waals surface area contributed by atoms with Gasteiger partial charge in [0.1, 0.15) is 5.75 Å². The molecule has 100 valence electrons. The maximum atomic E-state index is 12.2. The lowest BCUT2D eigenvalue weighted by Gasteiger charge is -2.30. The highest BCUT2D eigenvalue weighted by Gasteiger charge is 2.29. The van der Waals surface area contributed by atoms with Crippen molar-refractivity contribution in [3.63, 3.8) is 0 Å². The van der Waals surface area contributed by atoms with Crippen LogP contribution < -0.4 is 9.64 Å². The summed E-state index contributed by atoms with van der Waals surface area (Å²) in [4.78, 5) is 2.09. The third-order valence-electron chi connectivity index (χ3n) is 2.95. The number of benzene rings is 1. The van der Waals surface area contributed by atoms with Gasteiger partial charge in [-0.3, -0.25) is 0 Å². The van der Waals surface area contributed by atoms with Crippen LogP contribution in [0.4, 0.5) is 18.9 Å². The van der Waals surface area contributed by atoms with Gasteiger partial charge in [-0.05, 0) is 31.4 Å². The Bertz CT molecular complexity index is 386. The molecule has 0 aromatic heterocycles. The first-order valence-corrected chi connectivity index (χ1v) is 6.10. The minimum absolute atomic E-state index is 0.316. The van der Waals surface area contributed by atoms with Gasteiger partial charge in [0.15, 0.2) is 6.61 Å². The summed E-state index contributed by atoms with van der Waals surface area (Å²) >= 11 is 0. The van der Waals surface area contributed by atoms with E-state index in [-0.39, 0.29) is 0 Å². The molecule has 18 heavy (non-hydrogen) atoms. The van der Waals surface area contributed by atoms with Crippen LogP contribution in [0.5, 0.6) is 5.75 Å². The van der Waals surface area contributed by atoms with Crippen LogP contribution in [0, 0.1) is 0 Å². The Morgan fingerprint density at radius 1 is 1.06 bits per heavy atom. The van der Waals surface area contributed by atoms with Crippen molar-refractivity contribution >= 4 is 5.69 Å². The fourth-order valence-corrected chi connectivity index (χ4v) is 2.13. The number of hydrogen-bond acceptors (Lipinski definition) is 2. The van der Waals surface area contributed by atoms with E-state index < -0.39 is 12.8 Å². The fourth-order valence-electron chi connectivity index (χ4n) is 2.13. The highest BCUT2D eigenvalue weighted by molar-refractivity contribution is 5.58. The van der Waals surface area contributed by atoms with Crippen LogP contribution in [-0.4, -0.2) is 25.9 Å². The van der Waals surface area contributed by atoms with E-state index in [2.05, 4.69) is 4.90 Å². The number of halogens is 3. The number of ether oxygens (including phenoxy) is 1. The second-order valence-corrected chi connectivity index (χ2v) is 4.42. The van der Waals surface area contributed by atoms with Crippen molar-refractivity contribution in [2.24, 2.45) is 0 Å². The second kappa shape index (κ2) is 5.50. The van der Waals surface area contributed by atoms with E-state index >= 15 is 0 Å². The first-order chi connectivity index (χ1) is 8.56. The zero-order chi connectivity index (χ0) is 13.0. The zero-order valence-corrected chi connectivity index (χ0v) is 10.0. The lowest BCUT2D eigenvalue weighted by Crippen LogP contribution is -2.30. The molecule has 0 amide bonds. The molecule has 1 saturated heterocycles. The van der Waals surface area contributed by atoms with Gasteiger partial charge in [0, 0.05) is 13.1 Å². The monoisotopic (exact) mass is 259 g/mol. The van der Waals surface area contributed by atoms with E-state index in [4.69, 9.17) is 4.74 Å². The van der Waals surface area contributed by atoms with Crippen molar-refractivity contribution in [2.45, 2.75) is 25.4 Å². The molecule has 1 aliphatic rings. The molecule has 0 atom stereocenters. The number of hydrogen-bond donors (Lipinski definition) is 0. The Kier molecular flexibility index (Phi) is 3.99. The predicted molar refractivity (Wildman–Crippen MR) is 64.1 cm³/mol. The van der Waals surface area contributed by atoms with Gasteiger partial charge in [-0.15, -0.1) is 0 Å². The smallest absolute Gasteiger partial charge is 0.422 e. The van der Waals surface area contributed by atoms with Crippen molar-refractivity contribution in [3.8, 4) is 5.75 Å². The standard InChI is InChI=1S/C13H16F3NO/c14-13(15,16)10-18-12-7-3-2-6-11(12)17-8-4-1-5-9-17/h2-3,6-7H,1,4-5,8-10H2. The molecule has 0 radical (unpaired) electrons. The summed E-state index contributed by atoms with van der Waals surface area (Å²) < 4.78 is 41.4. The lowest BCUT2D eigenvalue weighted by molar-refractivity contribution is -0.153. The Hall–Kier alpha value is -1.39. The summed E-state index contributed by atoms with van der Waals surface area (Å²) in [6, 6.07) is 6.93. The van der Waals surface area contributed by atoms with Crippen molar-refractivity contribution < 1.29 is 17.9 Å². The molecule has 0 aliphatic carbocycles. The molecule has 0 spiro atoms. The van der Waals surface area contributed by atoms with E-state index in [9.17, 15) is 13.2 Å². The Balaban J connectivity index is 2.09. The molecule has 2 rings (SSSR count). The lowest BCUT2D eigenvalue weighted by atomic mass is 10.1. The van der Waals surface area contributed by atoms with Gasteiger partial charge in [0.05, 0.1) is 5.69 Å². The first-order valence-electron chi connectivity index (χ1n) is 6.10. The molecular formula is C13H16F3NO. The zero-order valence-electron chi connectivity index (χ0n) is 10.0. The number of nitrogens with zero attached hydrogens (tertiary/aromatic N) is 1. The van der Waals surface area contributed by atoms with Crippen LogP contribution in [0.15, 0.2) is 24.3 Å². The van der Waals surface area contributed by atoms with E-state index in [1.54, 1.807) is 12.1 Å². The number of para-hydroxylation sites is 2. The number of alkyl halides is 3. The molecule has 1 aliphatic heterocycles. The SMILES string of the molecule is FC(F)(F)COc1ccccc1N1CCCCC1. The van der Waals surface area contributed by atoms with Gasteiger partial charge in [-0.25, -0.2) is 0 Å².